The zero-order chi connectivity index (χ0) is 20.9. The summed E-state index contributed by atoms with van der Waals surface area (Å²) in [5.74, 6) is 0.815. The van der Waals surface area contributed by atoms with E-state index in [9.17, 15) is 4.79 Å². The molecule has 4 rings (SSSR count). The number of piperidine rings is 1. The van der Waals surface area contributed by atoms with Gasteiger partial charge in [0.1, 0.15) is 0 Å². The summed E-state index contributed by atoms with van der Waals surface area (Å²) in [4.78, 5) is 34.8. The van der Waals surface area contributed by atoms with Gasteiger partial charge in [0.25, 0.3) is 0 Å². The van der Waals surface area contributed by atoms with E-state index in [0.29, 0.717) is 12.5 Å². The molecule has 0 radical (unpaired) electrons. The normalized spacial score (nSPS) is 16.7. The topological polar surface area (TPSA) is 99.7 Å². The van der Waals surface area contributed by atoms with Crippen LogP contribution in [0.3, 0.4) is 0 Å². The molecule has 0 aliphatic carbocycles. The minimum absolute atomic E-state index is 0.0135. The van der Waals surface area contributed by atoms with E-state index in [1.54, 1.807) is 30.9 Å². The summed E-state index contributed by atoms with van der Waals surface area (Å²) in [7, 11) is 0. The van der Waals surface area contributed by atoms with Crippen LogP contribution < -0.4 is 5.32 Å². The third-order valence-electron chi connectivity index (χ3n) is 5.10. The van der Waals surface area contributed by atoms with Gasteiger partial charge in [-0.3, -0.25) is 9.78 Å². The first-order valence-corrected chi connectivity index (χ1v) is 10.1. The number of H-pyrrole nitrogens is 1. The second-order valence-corrected chi connectivity index (χ2v) is 7.53. The standard InChI is InChI=1S/C22H25N7O/c1-15-10-16(2)27-22(26-15)28-19-5-7-20(24-12-19)17-4-3-9-29(13-17)21(30)8-6-18-11-23-14-25-18/h5-8,10-12,14,17H,3-4,9,13H2,1-2H3,(H,23,25)(H,26,27,28)/b8-6+/t17-/m0/s1. The second-order valence-electron chi connectivity index (χ2n) is 7.53. The van der Waals surface area contributed by atoms with Crippen molar-refractivity contribution in [3.63, 3.8) is 0 Å². The third kappa shape index (κ3) is 4.89. The minimum Gasteiger partial charge on any atom is -0.345 e. The highest BCUT2D eigenvalue weighted by atomic mass is 16.2. The average Bonchev–Trinajstić information content (AvgIpc) is 3.26. The van der Waals surface area contributed by atoms with E-state index in [4.69, 9.17) is 0 Å². The van der Waals surface area contributed by atoms with Crippen molar-refractivity contribution in [2.24, 2.45) is 0 Å². The lowest BCUT2D eigenvalue weighted by molar-refractivity contribution is -0.127. The zero-order valence-corrected chi connectivity index (χ0v) is 17.2. The van der Waals surface area contributed by atoms with Crippen LogP contribution in [-0.2, 0) is 4.79 Å². The van der Waals surface area contributed by atoms with Crippen molar-refractivity contribution in [3.8, 4) is 0 Å². The Labute approximate surface area is 175 Å². The highest BCUT2D eigenvalue weighted by Gasteiger charge is 2.24. The van der Waals surface area contributed by atoms with E-state index in [2.05, 4.69) is 30.2 Å². The van der Waals surface area contributed by atoms with Crippen LogP contribution in [0.25, 0.3) is 6.08 Å². The number of aryl methyl sites for hydroxylation is 2. The quantitative estimate of drug-likeness (QED) is 0.634. The molecule has 2 N–H and O–H groups in total. The van der Waals surface area contributed by atoms with Gasteiger partial charge in [0.2, 0.25) is 11.9 Å². The molecule has 8 nitrogen and oxygen atoms in total. The van der Waals surface area contributed by atoms with E-state index in [-0.39, 0.29) is 11.8 Å². The van der Waals surface area contributed by atoms with Gasteiger partial charge in [-0.05, 0) is 51.0 Å². The van der Waals surface area contributed by atoms with Gasteiger partial charge in [-0.1, -0.05) is 0 Å². The van der Waals surface area contributed by atoms with E-state index >= 15 is 0 Å². The number of imidazole rings is 1. The Morgan fingerprint density at radius 1 is 1.23 bits per heavy atom. The Balaban J connectivity index is 1.39. The lowest BCUT2D eigenvalue weighted by atomic mass is 9.94. The number of rotatable bonds is 5. The number of anilines is 2. The summed E-state index contributed by atoms with van der Waals surface area (Å²) in [6, 6.07) is 5.94. The molecule has 0 aromatic carbocycles. The van der Waals surface area contributed by atoms with Gasteiger partial charge in [-0.2, -0.15) is 0 Å². The molecule has 3 aromatic heterocycles. The Bertz CT molecular complexity index is 1010. The Morgan fingerprint density at radius 3 is 2.77 bits per heavy atom. The summed E-state index contributed by atoms with van der Waals surface area (Å²) < 4.78 is 0. The monoisotopic (exact) mass is 403 g/mol. The molecule has 154 valence electrons. The number of amides is 1. The second kappa shape index (κ2) is 8.86. The van der Waals surface area contributed by atoms with E-state index in [1.807, 2.05) is 36.9 Å². The predicted molar refractivity (Wildman–Crippen MR) is 115 cm³/mol. The van der Waals surface area contributed by atoms with Crippen molar-refractivity contribution in [2.45, 2.75) is 32.6 Å². The predicted octanol–water partition coefficient (Wildman–Crippen LogP) is 3.37. The Morgan fingerprint density at radius 2 is 2.07 bits per heavy atom. The van der Waals surface area contributed by atoms with Crippen LogP contribution in [0.15, 0.2) is 43.0 Å². The molecule has 3 aromatic rings. The first-order chi connectivity index (χ1) is 14.6. The first kappa shape index (κ1) is 19.8. The molecule has 4 heterocycles. The van der Waals surface area contributed by atoms with Gasteiger partial charge in [0.05, 0.1) is 30.1 Å². The maximum Gasteiger partial charge on any atom is 0.246 e. The van der Waals surface area contributed by atoms with Crippen LogP contribution in [0.4, 0.5) is 11.6 Å². The molecule has 0 bridgehead atoms. The molecule has 1 aliphatic rings. The number of hydrogen-bond donors (Lipinski definition) is 2. The van der Waals surface area contributed by atoms with E-state index in [0.717, 1.165) is 47.8 Å². The van der Waals surface area contributed by atoms with Crippen LogP contribution in [0, 0.1) is 13.8 Å². The van der Waals surface area contributed by atoms with E-state index < -0.39 is 0 Å². The molecule has 1 amide bonds. The Hall–Kier alpha value is -3.55. The third-order valence-corrected chi connectivity index (χ3v) is 5.10. The zero-order valence-electron chi connectivity index (χ0n) is 17.2. The van der Waals surface area contributed by atoms with Gasteiger partial charge >= 0.3 is 0 Å². The maximum atomic E-state index is 12.5. The lowest BCUT2D eigenvalue weighted by Gasteiger charge is -2.31. The molecule has 0 saturated carbocycles. The van der Waals surface area contributed by atoms with Crippen molar-refractivity contribution >= 4 is 23.6 Å². The van der Waals surface area contributed by atoms with Crippen LogP contribution >= 0.6 is 0 Å². The number of hydrogen-bond acceptors (Lipinski definition) is 6. The maximum absolute atomic E-state index is 12.5. The van der Waals surface area contributed by atoms with Gasteiger partial charge < -0.3 is 15.2 Å². The fourth-order valence-corrected chi connectivity index (χ4v) is 3.67. The summed E-state index contributed by atoms with van der Waals surface area (Å²) >= 11 is 0. The van der Waals surface area contributed by atoms with Crippen LogP contribution in [0.5, 0.6) is 0 Å². The first-order valence-electron chi connectivity index (χ1n) is 10.1. The van der Waals surface area contributed by atoms with Gasteiger partial charge in [0.15, 0.2) is 0 Å². The number of carbonyl (C=O) groups excluding carboxylic acids is 1. The van der Waals surface area contributed by atoms with Crippen LogP contribution in [-0.4, -0.2) is 48.8 Å². The number of aromatic amines is 1. The summed E-state index contributed by atoms with van der Waals surface area (Å²) in [6.45, 7) is 5.33. The Kier molecular flexibility index (Phi) is 5.83. The van der Waals surface area contributed by atoms with Crippen LogP contribution in [0.2, 0.25) is 0 Å². The number of likely N-dealkylation sites (tertiary alicyclic amines) is 1. The molecule has 1 atom stereocenters. The number of aromatic nitrogens is 5. The van der Waals surface area contributed by atoms with E-state index in [1.165, 1.54) is 0 Å². The van der Waals surface area contributed by atoms with Crippen molar-refractivity contribution < 1.29 is 4.79 Å². The van der Waals surface area contributed by atoms with Gasteiger partial charge in [0, 0.05) is 42.2 Å². The van der Waals surface area contributed by atoms with Crippen LogP contribution in [0.1, 0.15) is 41.5 Å². The highest BCUT2D eigenvalue weighted by Crippen LogP contribution is 2.26. The molecule has 0 unspecified atom stereocenters. The van der Waals surface area contributed by atoms with Gasteiger partial charge in [-0.15, -0.1) is 0 Å². The fourth-order valence-electron chi connectivity index (χ4n) is 3.67. The summed E-state index contributed by atoms with van der Waals surface area (Å²) in [6.07, 6.45) is 10.4. The molecule has 1 aliphatic heterocycles. The highest BCUT2D eigenvalue weighted by molar-refractivity contribution is 5.91. The molecule has 1 saturated heterocycles. The number of pyridine rings is 1. The van der Waals surface area contributed by atoms with Crippen molar-refractivity contribution in [1.82, 2.24) is 29.8 Å². The molecular formula is C22H25N7O. The molecular weight excluding hydrogens is 378 g/mol. The van der Waals surface area contributed by atoms with Crippen molar-refractivity contribution in [2.75, 3.05) is 18.4 Å². The molecule has 30 heavy (non-hydrogen) atoms. The largest absolute Gasteiger partial charge is 0.345 e. The van der Waals surface area contributed by atoms with Gasteiger partial charge in [-0.25, -0.2) is 15.0 Å². The number of nitrogens with one attached hydrogen (secondary N) is 2. The molecule has 8 heteroatoms. The lowest BCUT2D eigenvalue weighted by Crippen LogP contribution is -2.38. The fraction of sp³-hybridized carbons (Fsp3) is 0.318. The number of carbonyl (C=O) groups is 1. The summed E-state index contributed by atoms with van der Waals surface area (Å²) in [5, 5.41) is 3.21. The molecule has 1 fully saturated rings. The smallest absolute Gasteiger partial charge is 0.246 e. The van der Waals surface area contributed by atoms with Crippen molar-refractivity contribution in [1.29, 1.82) is 0 Å². The minimum atomic E-state index is 0.0135. The molecule has 0 spiro atoms. The van der Waals surface area contributed by atoms with Crippen molar-refractivity contribution in [3.05, 3.63) is 65.8 Å². The average molecular weight is 403 g/mol. The summed E-state index contributed by atoms with van der Waals surface area (Å²) in [5.41, 5.74) is 4.49. The number of nitrogens with zero attached hydrogens (tertiary/aromatic N) is 5. The SMILES string of the molecule is Cc1cc(C)nc(Nc2ccc([C@H]3CCCN(C(=O)/C=C/c4cnc[nH]4)C3)nc2)n1.